The summed E-state index contributed by atoms with van der Waals surface area (Å²) in [5.74, 6) is -0.702. The molecule has 1 aromatic carbocycles. The van der Waals surface area contributed by atoms with Crippen molar-refractivity contribution >= 4 is 23.5 Å². The summed E-state index contributed by atoms with van der Waals surface area (Å²) in [6, 6.07) is 6.84. The Kier molecular flexibility index (Phi) is 5.65. The average molecular weight is 376 g/mol. The summed E-state index contributed by atoms with van der Waals surface area (Å²) in [4.78, 5) is 39.5. The van der Waals surface area contributed by atoms with Crippen LogP contribution in [0.5, 0.6) is 5.75 Å². The number of nitrogens with zero attached hydrogens (tertiary/aromatic N) is 2. The van der Waals surface area contributed by atoms with Gasteiger partial charge in [0.25, 0.3) is 5.91 Å². The summed E-state index contributed by atoms with van der Waals surface area (Å²) in [5.41, 5.74) is 0.645. The third-order valence-electron chi connectivity index (χ3n) is 5.06. The van der Waals surface area contributed by atoms with E-state index in [2.05, 4.69) is 0 Å². The molecule has 1 N–H and O–H groups in total. The molecular weight excluding hydrogens is 352 g/mol. The lowest BCUT2D eigenvalue weighted by Gasteiger charge is -2.33. The SMILES string of the molecule is COC1CC(CC(=O)O)N(C(=O)CCN2C(=O)C(C)Oc3ccccc32)C1. The van der Waals surface area contributed by atoms with E-state index in [4.69, 9.17) is 14.6 Å². The van der Waals surface area contributed by atoms with Crippen molar-refractivity contribution in [3.8, 4) is 5.75 Å². The summed E-state index contributed by atoms with van der Waals surface area (Å²) in [7, 11) is 1.56. The minimum absolute atomic E-state index is 0.109. The van der Waals surface area contributed by atoms with Crippen molar-refractivity contribution in [1.82, 2.24) is 4.90 Å². The number of hydrogen-bond donors (Lipinski definition) is 1. The molecule has 0 aromatic heterocycles. The lowest BCUT2D eigenvalue weighted by molar-refractivity contribution is -0.139. The van der Waals surface area contributed by atoms with Crippen LogP contribution in [0.4, 0.5) is 5.69 Å². The Morgan fingerprint density at radius 1 is 1.33 bits per heavy atom. The number of para-hydroxylation sites is 2. The standard InChI is InChI=1S/C19H24N2O6/c1-12-19(25)20(15-5-3-4-6-16(15)27-12)8-7-17(22)21-11-14(26-2)9-13(21)10-18(23)24/h3-6,12-14H,7-11H2,1-2H3,(H,23,24). The van der Waals surface area contributed by atoms with Gasteiger partial charge in [-0.1, -0.05) is 12.1 Å². The van der Waals surface area contributed by atoms with E-state index in [1.807, 2.05) is 12.1 Å². The highest BCUT2D eigenvalue weighted by Crippen LogP contribution is 2.34. The zero-order valence-corrected chi connectivity index (χ0v) is 15.5. The summed E-state index contributed by atoms with van der Waals surface area (Å²) in [6.45, 7) is 2.27. The fourth-order valence-corrected chi connectivity index (χ4v) is 3.69. The molecule has 27 heavy (non-hydrogen) atoms. The van der Waals surface area contributed by atoms with E-state index in [9.17, 15) is 14.4 Å². The van der Waals surface area contributed by atoms with Crippen molar-refractivity contribution in [3.05, 3.63) is 24.3 Å². The van der Waals surface area contributed by atoms with E-state index in [0.717, 1.165) is 0 Å². The molecule has 0 spiro atoms. The first kappa shape index (κ1) is 19.2. The molecule has 8 nitrogen and oxygen atoms in total. The Balaban J connectivity index is 1.69. The van der Waals surface area contributed by atoms with E-state index >= 15 is 0 Å². The van der Waals surface area contributed by atoms with Crippen LogP contribution >= 0.6 is 0 Å². The molecule has 0 aliphatic carbocycles. The van der Waals surface area contributed by atoms with Gasteiger partial charge in [-0.3, -0.25) is 14.4 Å². The predicted octanol–water partition coefficient (Wildman–Crippen LogP) is 1.28. The Bertz CT molecular complexity index is 737. The smallest absolute Gasteiger partial charge is 0.305 e. The Hall–Kier alpha value is -2.61. The van der Waals surface area contributed by atoms with Gasteiger partial charge in [0.05, 0.1) is 18.2 Å². The maximum Gasteiger partial charge on any atom is 0.305 e. The third kappa shape index (κ3) is 4.05. The number of likely N-dealkylation sites (tertiary alicyclic amines) is 1. The molecule has 3 unspecified atom stereocenters. The minimum Gasteiger partial charge on any atom is -0.481 e. The minimum atomic E-state index is -0.944. The summed E-state index contributed by atoms with van der Waals surface area (Å²) < 4.78 is 10.9. The fraction of sp³-hybridized carbons (Fsp3) is 0.526. The van der Waals surface area contributed by atoms with Gasteiger partial charge in [0, 0.05) is 32.7 Å². The number of rotatable bonds is 6. The Labute approximate surface area is 157 Å². The number of benzene rings is 1. The number of anilines is 1. The van der Waals surface area contributed by atoms with Gasteiger partial charge in [-0.2, -0.15) is 0 Å². The molecule has 2 aliphatic heterocycles. The first-order valence-electron chi connectivity index (χ1n) is 9.01. The molecule has 0 radical (unpaired) electrons. The molecule has 2 aliphatic rings. The van der Waals surface area contributed by atoms with Gasteiger partial charge in [0.2, 0.25) is 5.91 Å². The molecule has 0 saturated carbocycles. The second kappa shape index (κ2) is 7.96. The van der Waals surface area contributed by atoms with Crippen LogP contribution in [0.1, 0.15) is 26.2 Å². The molecule has 3 atom stereocenters. The number of carbonyl (C=O) groups is 3. The van der Waals surface area contributed by atoms with Gasteiger partial charge < -0.3 is 24.4 Å². The van der Waals surface area contributed by atoms with Crippen LogP contribution in [-0.2, 0) is 19.1 Å². The Morgan fingerprint density at radius 3 is 2.78 bits per heavy atom. The highest BCUT2D eigenvalue weighted by molar-refractivity contribution is 6.00. The molecular formula is C19H24N2O6. The van der Waals surface area contributed by atoms with Crippen molar-refractivity contribution < 1.29 is 29.0 Å². The highest BCUT2D eigenvalue weighted by Gasteiger charge is 2.37. The van der Waals surface area contributed by atoms with Gasteiger partial charge in [-0.05, 0) is 25.5 Å². The predicted molar refractivity (Wildman–Crippen MR) is 96.7 cm³/mol. The van der Waals surface area contributed by atoms with Crippen molar-refractivity contribution in [2.45, 2.75) is 44.4 Å². The quantitative estimate of drug-likeness (QED) is 0.803. The van der Waals surface area contributed by atoms with Crippen LogP contribution in [0.3, 0.4) is 0 Å². The number of amides is 2. The summed E-state index contributed by atoms with van der Waals surface area (Å²) in [6.07, 6.45) is -0.268. The fourth-order valence-electron chi connectivity index (χ4n) is 3.69. The Morgan fingerprint density at radius 2 is 2.07 bits per heavy atom. The number of carboxylic acid groups (broad SMARTS) is 1. The van der Waals surface area contributed by atoms with Crippen LogP contribution in [0.15, 0.2) is 24.3 Å². The van der Waals surface area contributed by atoms with E-state index < -0.39 is 12.1 Å². The lowest BCUT2D eigenvalue weighted by atomic mass is 10.1. The van der Waals surface area contributed by atoms with Crippen LogP contribution in [0, 0.1) is 0 Å². The van der Waals surface area contributed by atoms with E-state index in [1.54, 1.807) is 36.0 Å². The van der Waals surface area contributed by atoms with Gasteiger partial charge in [0.1, 0.15) is 5.75 Å². The molecule has 3 rings (SSSR count). The number of methoxy groups -OCH3 is 1. The first-order valence-corrected chi connectivity index (χ1v) is 9.01. The molecule has 146 valence electrons. The molecule has 1 saturated heterocycles. The first-order chi connectivity index (χ1) is 12.9. The van der Waals surface area contributed by atoms with Crippen LogP contribution in [-0.4, -0.2) is 66.2 Å². The largest absolute Gasteiger partial charge is 0.481 e. The highest BCUT2D eigenvalue weighted by atomic mass is 16.5. The van der Waals surface area contributed by atoms with Crippen LogP contribution < -0.4 is 9.64 Å². The molecule has 2 heterocycles. The third-order valence-corrected chi connectivity index (χ3v) is 5.06. The van der Waals surface area contributed by atoms with Gasteiger partial charge in [-0.15, -0.1) is 0 Å². The zero-order valence-electron chi connectivity index (χ0n) is 15.5. The second-order valence-corrected chi connectivity index (χ2v) is 6.86. The molecule has 1 fully saturated rings. The monoisotopic (exact) mass is 376 g/mol. The van der Waals surface area contributed by atoms with Crippen LogP contribution in [0.2, 0.25) is 0 Å². The normalized spacial score (nSPS) is 24.5. The lowest BCUT2D eigenvalue weighted by Crippen LogP contribution is -2.46. The maximum atomic E-state index is 12.7. The zero-order chi connectivity index (χ0) is 19.6. The second-order valence-electron chi connectivity index (χ2n) is 6.86. The number of carboxylic acids is 1. The van der Waals surface area contributed by atoms with E-state index in [1.165, 1.54) is 0 Å². The van der Waals surface area contributed by atoms with E-state index in [0.29, 0.717) is 24.4 Å². The number of fused-ring (bicyclic) bond motifs is 1. The van der Waals surface area contributed by atoms with Crippen molar-refractivity contribution in [2.24, 2.45) is 0 Å². The number of aliphatic carboxylic acids is 1. The molecule has 1 aromatic rings. The van der Waals surface area contributed by atoms with Crippen molar-refractivity contribution in [3.63, 3.8) is 0 Å². The average Bonchev–Trinajstić information content (AvgIpc) is 3.04. The van der Waals surface area contributed by atoms with Crippen molar-refractivity contribution in [1.29, 1.82) is 0 Å². The van der Waals surface area contributed by atoms with Gasteiger partial charge >= 0.3 is 5.97 Å². The number of ether oxygens (including phenoxy) is 2. The maximum absolute atomic E-state index is 12.7. The molecule has 2 amide bonds. The van der Waals surface area contributed by atoms with E-state index in [-0.39, 0.29) is 43.3 Å². The van der Waals surface area contributed by atoms with Crippen molar-refractivity contribution in [2.75, 3.05) is 25.1 Å². The van der Waals surface area contributed by atoms with Gasteiger partial charge in [-0.25, -0.2) is 0 Å². The van der Waals surface area contributed by atoms with Gasteiger partial charge in [0.15, 0.2) is 6.10 Å². The summed E-state index contributed by atoms with van der Waals surface area (Å²) >= 11 is 0. The molecule has 8 heteroatoms. The number of hydrogen-bond acceptors (Lipinski definition) is 5. The molecule has 0 bridgehead atoms. The van der Waals surface area contributed by atoms with Crippen LogP contribution in [0.25, 0.3) is 0 Å². The summed E-state index contributed by atoms with van der Waals surface area (Å²) in [5, 5.41) is 9.09. The number of carbonyl (C=O) groups excluding carboxylic acids is 2. The topological polar surface area (TPSA) is 96.4 Å².